The van der Waals surface area contributed by atoms with Gasteiger partial charge in [-0.05, 0) is 25.7 Å². The van der Waals surface area contributed by atoms with Gasteiger partial charge in [0, 0.05) is 17.7 Å². The molecule has 0 spiro atoms. The molecule has 5 nitrogen and oxygen atoms in total. The number of carbonyl (C=O) groups is 1. The van der Waals surface area contributed by atoms with E-state index in [2.05, 4.69) is 12.0 Å². The molecule has 1 fully saturated rings. The minimum absolute atomic E-state index is 0.0340. The zero-order chi connectivity index (χ0) is 12.4. The fraction of sp³-hybridized carbons (Fsp3) is 0.667. The summed E-state index contributed by atoms with van der Waals surface area (Å²) in [5.74, 6) is 0.667. The van der Waals surface area contributed by atoms with Gasteiger partial charge in [0.25, 0.3) is 5.56 Å². The third kappa shape index (κ3) is 2.43. The van der Waals surface area contributed by atoms with E-state index in [1.807, 2.05) is 0 Å². The zero-order valence-electron chi connectivity index (χ0n) is 10.2. The van der Waals surface area contributed by atoms with E-state index in [-0.39, 0.29) is 18.1 Å². The van der Waals surface area contributed by atoms with Crippen molar-refractivity contribution in [1.29, 1.82) is 0 Å². The Balaban J connectivity index is 2.08. The molecule has 1 aliphatic carbocycles. The highest BCUT2D eigenvalue weighted by molar-refractivity contribution is 5.68. The fourth-order valence-electron chi connectivity index (χ4n) is 2.23. The van der Waals surface area contributed by atoms with E-state index in [1.165, 1.54) is 11.1 Å². The third-order valence-electron chi connectivity index (χ3n) is 3.42. The number of aromatic nitrogens is 2. The number of ether oxygens (including phenoxy) is 1. The van der Waals surface area contributed by atoms with E-state index < -0.39 is 0 Å². The first-order chi connectivity index (χ1) is 8.11. The average molecular weight is 238 g/mol. The maximum absolute atomic E-state index is 11.7. The lowest BCUT2D eigenvalue weighted by Crippen LogP contribution is -2.23. The molecule has 0 amide bonds. The Morgan fingerprint density at radius 1 is 1.59 bits per heavy atom. The largest absolute Gasteiger partial charge is 0.465 e. The van der Waals surface area contributed by atoms with Gasteiger partial charge in [-0.15, -0.1) is 0 Å². The third-order valence-corrected chi connectivity index (χ3v) is 3.42. The monoisotopic (exact) mass is 238 g/mol. The van der Waals surface area contributed by atoms with Gasteiger partial charge in [0.05, 0.1) is 6.61 Å². The van der Waals surface area contributed by atoms with Crippen molar-refractivity contribution in [2.45, 2.75) is 39.2 Å². The Hall–Kier alpha value is -1.52. The first-order valence-electron chi connectivity index (χ1n) is 6.07. The van der Waals surface area contributed by atoms with Gasteiger partial charge in [0.1, 0.15) is 6.54 Å². The van der Waals surface area contributed by atoms with Crippen LogP contribution in [0.25, 0.3) is 0 Å². The number of esters is 1. The van der Waals surface area contributed by atoms with Crippen molar-refractivity contribution in [2.24, 2.45) is 5.92 Å². The second-order valence-corrected chi connectivity index (χ2v) is 4.60. The van der Waals surface area contributed by atoms with Gasteiger partial charge < -0.3 is 4.74 Å². The minimum atomic E-state index is -0.385. The normalized spacial score (nSPS) is 23.2. The van der Waals surface area contributed by atoms with Gasteiger partial charge in [-0.2, -0.15) is 0 Å². The van der Waals surface area contributed by atoms with E-state index in [1.54, 1.807) is 13.0 Å². The highest BCUT2D eigenvalue weighted by atomic mass is 16.5. The molecule has 0 bridgehead atoms. The maximum Gasteiger partial charge on any atom is 0.327 e. The molecular formula is C12H18N2O3. The molecule has 2 atom stereocenters. The lowest BCUT2D eigenvalue weighted by atomic mass is 9.73. The Morgan fingerprint density at radius 3 is 2.88 bits per heavy atom. The number of carbonyl (C=O) groups excluding carboxylic acids is 1. The van der Waals surface area contributed by atoms with Gasteiger partial charge in [-0.3, -0.25) is 14.7 Å². The van der Waals surface area contributed by atoms with Crippen LogP contribution in [0.4, 0.5) is 0 Å². The highest BCUT2D eigenvalue weighted by Gasteiger charge is 2.30. The van der Waals surface area contributed by atoms with Crippen LogP contribution in [0.3, 0.4) is 0 Å². The van der Waals surface area contributed by atoms with Crippen molar-refractivity contribution in [1.82, 2.24) is 9.78 Å². The fourth-order valence-corrected chi connectivity index (χ4v) is 2.23. The number of H-pyrrole nitrogens is 1. The highest BCUT2D eigenvalue weighted by Crippen LogP contribution is 2.40. The van der Waals surface area contributed by atoms with Gasteiger partial charge in [0.2, 0.25) is 0 Å². The number of nitrogens with zero attached hydrogens (tertiary/aromatic N) is 1. The van der Waals surface area contributed by atoms with Crippen LogP contribution in [0, 0.1) is 5.92 Å². The number of hydrogen-bond donors (Lipinski definition) is 1. The molecule has 1 saturated carbocycles. The Morgan fingerprint density at radius 2 is 2.35 bits per heavy atom. The predicted molar refractivity (Wildman–Crippen MR) is 62.8 cm³/mol. The van der Waals surface area contributed by atoms with E-state index in [0.717, 1.165) is 12.1 Å². The second-order valence-electron chi connectivity index (χ2n) is 4.60. The van der Waals surface area contributed by atoms with Crippen molar-refractivity contribution >= 4 is 5.97 Å². The first kappa shape index (κ1) is 12.0. The molecule has 1 aromatic rings. The molecule has 2 rings (SSSR count). The van der Waals surface area contributed by atoms with Crippen molar-refractivity contribution in [3.8, 4) is 0 Å². The van der Waals surface area contributed by atoms with Crippen LogP contribution in [-0.2, 0) is 16.1 Å². The molecule has 0 saturated heterocycles. The first-order valence-corrected chi connectivity index (χ1v) is 6.07. The van der Waals surface area contributed by atoms with Crippen molar-refractivity contribution in [3.63, 3.8) is 0 Å². The maximum atomic E-state index is 11.7. The van der Waals surface area contributed by atoms with Crippen molar-refractivity contribution in [2.75, 3.05) is 6.61 Å². The van der Waals surface area contributed by atoms with Gasteiger partial charge >= 0.3 is 5.97 Å². The number of nitrogens with one attached hydrogen (secondary N) is 1. The number of hydrogen-bond acceptors (Lipinski definition) is 3. The van der Waals surface area contributed by atoms with E-state index in [0.29, 0.717) is 18.4 Å². The predicted octanol–water partition coefficient (Wildman–Crippen LogP) is 1.25. The summed E-state index contributed by atoms with van der Waals surface area (Å²) in [6, 6.07) is 1.60. The van der Waals surface area contributed by atoms with Gasteiger partial charge in [-0.1, -0.05) is 6.92 Å². The molecule has 5 heteroatoms. The molecule has 94 valence electrons. The van der Waals surface area contributed by atoms with Gasteiger partial charge in [0.15, 0.2) is 0 Å². The lowest BCUT2D eigenvalue weighted by molar-refractivity contribution is -0.144. The summed E-state index contributed by atoms with van der Waals surface area (Å²) in [6.45, 7) is 4.22. The SMILES string of the molecule is CCOC(=O)Cn1[nH]c([C@H]2CC[C@@H]2C)cc1=O. The number of aromatic amines is 1. The molecule has 1 heterocycles. The summed E-state index contributed by atoms with van der Waals surface area (Å²) in [4.78, 5) is 22.9. The van der Waals surface area contributed by atoms with Crippen LogP contribution in [0.2, 0.25) is 0 Å². The standard InChI is InChI=1S/C12H18N2O3/c1-3-17-12(16)7-14-11(15)6-10(13-14)9-5-4-8(9)2/h6,8-9,13H,3-5,7H2,1-2H3/t8-,9-/m0/s1. The van der Waals surface area contributed by atoms with Crippen LogP contribution in [0.15, 0.2) is 10.9 Å². The molecular weight excluding hydrogens is 220 g/mol. The molecule has 0 aliphatic heterocycles. The molecule has 17 heavy (non-hydrogen) atoms. The lowest BCUT2D eigenvalue weighted by Gasteiger charge is -2.32. The van der Waals surface area contributed by atoms with Gasteiger partial charge in [-0.25, -0.2) is 4.68 Å². The quantitative estimate of drug-likeness (QED) is 0.803. The topological polar surface area (TPSA) is 64.1 Å². The molecule has 1 N–H and O–H groups in total. The summed E-state index contributed by atoms with van der Waals surface area (Å²) < 4.78 is 6.13. The van der Waals surface area contributed by atoms with Crippen LogP contribution in [0.1, 0.15) is 38.3 Å². The minimum Gasteiger partial charge on any atom is -0.465 e. The summed E-state index contributed by atoms with van der Waals surface area (Å²) >= 11 is 0. The van der Waals surface area contributed by atoms with E-state index >= 15 is 0 Å². The Kier molecular flexibility index (Phi) is 3.36. The van der Waals surface area contributed by atoms with E-state index in [4.69, 9.17) is 4.74 Å². The van der Waals surface area contributed by atoms with Crippen LogP contribution >= 0.6 is 0 Å². The Bertz CT molecular complexity index is 461. The number of rotatable bonds is 4. The average Bonchev–Trinajstić information content (AvgIpc) is 2.58. The summed E-state index contributed by atoms with van der Waals surface area (Å²) in [5, 5.41) is 3.01. The zero-order valence-corrected chi connectivity index (χ0v) is 10.2. The molecule has 1 aliphatic rings. The van der Waals surface area contributed by atoms with E-state index in [9.17, 15) is 9.59 Å². The molecule has 0 radical (unpaired) electrons. The van der Waals surface area contributed by atoms with Crippen LogP contribution in [-0.4, -0.2) is 22.4 Å². The van der Waals surface area contributed by atoms with Crippen molar-refractivity contribution < 1.29 is 9.53 Å². The van der Waals surface area contributed by atoms with Crippen molar-refractivity contribution in [3.05, 3.63) is 22.1 Å². The summed E-state index contributed by atoms with van der Waals surface area (Å²) in [7, 11) is 0. The molecule has 0 unspecified atom stereocenters. The summed E-state index contributed by atoms with van der Waals surface area (Å²) in [5.41, 5.74) is 0.783. The second kappa shape index (κ2) is 4.77. The van der Waals surface area contributed by atoms with Crippen LogP contribution < -0.4 is 5.56 Å². The summed E-state index contributed by atoms with van der Waals surface area (Å²) in [6.07, 6.45) is 2.32. The molecule has 1 aromatic heterocycles. The smallest absolute Gasteiger partial charge is 0.327 e. The molecule has 0 aromatic carbocycles. The van der Waals surface area contributed by atoms with Crippen LogP contribution in [0.5, 0.6) is 0 Å². The Labute approximate surface area is 99.8 Å².